The highest BCUT2D eigenvalue weighted by atomic mass is 16.6. The zero-order valence-corrected chi connectivity index (χ0v) is 20.7. The molecule has 1 atom stereocenters. The first-order chi connectivity index (χ1) is 16.5. The van der Waals surface area contributed by atoms with Crippen molar-refractivity contribution in [3.8, 4) is 23.8 Å². The van der Waals surface area contributed by atoms with Gasteiger partial charge >= 0.3 is 5.97 Å². The van der Waals surface area contributed by atoms with Crippen molar-refractivity contribution in [3.05, 3.63) is 57.6 Å². The highest BCUT2D eigenvalue weighted by molar-refractivity contribution is 5.66. The number of nitriles is 1. The highest BCUT2D eigenvalue weighted by Crippen LogP contribution is 2.52. The standard InChI is InChI=1S/C27H30N4O4/c1-15(2)27(22(13-28)24(29)34-25-23(27)16(3)30-31-25)21-9-18(8-20(10-21)14-32)6-7-19-11-26(5,12-19)35-17(4)33/h8-10,15,19,32H,11-12,14,29H2,1-5H3,(H,30,31). The average molecular weight is 475 g/mol. The van der Waals surface area contributed by atoms with Gasteiger partial charge in [-0.2, -0.15) is 5.26 Å². The fraction of sp³-hybridized carbons (Fsp3) is 0.444. The van der Waals surface area contributed by atoms with Crippen LogP contribution in [0.2, 0.25) is 0 Å². The van der Waals surface area contributed by atoms with Gasteiger partial charge in [-0.1, -0.05) is 31.8 Å². The van der Waals surface area contributed by atoms with Crippen molar-refractivity contribution in [2.24, 2.45) is 17.6 Å². The lowest BCUT2D eigenvalue weighted by atomic mass is 9.61. The lowest BCUT2D eigenvalue weighted by Gasteiger charge is -2.41. The Hall–Kier alpha value is -3.75. The summed E-state index contributed by atoms with van der Waals surface area (Å²) < 4.78 is 11.1. The molecule has 1 aromatic carbocycles. The second kappa shape index (κ2) is 8.79. The van der Waals surface area contributed by atoms with Gasteiger partial charge in [-0.15, -0.1) is 5.10 Å². The van der Waals surface area contributed by atoms with Crippen molar-refractivity contribution in [2.45, 2.75) is 65.1 Å². The fourth-order valence-electron chi connectivity index (χ4n) is 5.55. The number of aromatic amines is 1. The summed E-state index contributed by atoms with van der Waals surface area (Å²) in [7, 11) is 0. The molecule has 4 rings (SSSR count). The van der Waals surface area contributed by atoms with Gasteiger partial charge < -0.3 is 20.3 Å². The Labute approximate surface area is 205 Å². The molecule has 8 heteroatoms. The number of hydrogen-bond acceptors (Lipinski definition) is 7. The minimum atomic E-state index is -0.935. The van der Waals surface area contributed by atoms with E-state index < -0.39 is 11.0 Å². The minimum absolute atomic E-state index is 0.0152. The highest BCUT2D eigenvalue weighted by Gasteiger charge is 2.50. The number of hydrogen-bond donors (Lipinski definition) is 3. The number of nitrogens with two attached hydrogens (primary N) is 1. The summed E-state index contributed by atoms with van der Waals surface area (Å²) in [6.07, 6.45) is 1.35. The zero-order valence-electron chi connectivity index (χ0n) is 20.7. The molecule has 1 unspecified atom stereocenters. The number of benzene rings is 1. The molecular formula is C27H30N4O4. The Balaban J connectivity index is 1.82. The SMILES string of the molecule is CC(=O)OC1(C)CC(C#Cc2cc(CO)cc(C3(C(C)C)C(C#N)=C(N)Oc4n[nH]c(C)c43)c2)C1. The molecule has 0 saturated heterocycles. The van der Waals surface area contributed by atoms with E-state index in [0.717, 1.165) is 22.4 Å². The lowest BCUT2D eigenvalue weighted by Crippen LogP contribution is -2.44. The van der Waals surface area contributed by atoms with Crippen LogP contribution in [0.3, 0.4) is 0 Å². The number of carbonyl (C=O) groups excluding carboxylic acids is 1. The molecule has 0 amide bonds. The molecule has 1 aliphatic carbocycles. The third-order valence-corrected chi connectivity index (χ3v) is 6.93. The number of aliphatic hydroxyl groups excluding tert-OH is 1. The van der Waals surface area contributed by atoms with E-state index in [1.165, 1.54) is 6.92 Å². The number of nitrogens with one attached hydrogen (secondary N) is 1. The summed E-state index contributed by atoms with van der Waals surface area (Å²) in [6.45, 7) is 9.08. The van der Waals surface area contributed by atoms with Gasteiger partial charge in [-0.05, 0) is 43.0 Å². The van der Waals surface area contributed by atoms with Gasteiger partial charge in [0.05, 0.1) is 17.6 Å². The van der Waals surface area contributed by atoms with Gasteiger partial charge in [-0.3, -0.25) is 9.89 Å². The van der Waals surface area contributed by atoms with E-state index in [4.69, 9.17) is 15.2 Å². The van der Waals surface area contributed by atoms with Crippen LogP contribution in [0.5, 0.6) is 5.88 Å². The number of rotatable bonds is 4. The number of aryl methyl sites for hydroxylation is 1. The van der Waals surface area contributed by atoms with Crippen molar-refractivity contribution in [1.82, 2.24) is 10.2 Å². The summed E-state index contributed by atoms with van der Waals surface area (Å²) in [4.78, 5) is 11.3. The second-order valence-electron chi connectivity index (χ2n) is 9.94. The van der Waals surface area contributed by atoms with Gasteiger partial charge in [0, 0.05) is 36.9 Å². The molecule has 2 aliphatic rings. The average Bonchev–Trinajstić information content (AvgIpc) is 3.14. The van der Waals surface area contributed by atoms with E-state index in [9.17, 15) is 15.2 Å². The Morgan fingerprint density at radius 3 is 2.71 bits per heavy atom. The van der Waals surface area contributed by atoms with Gasteiger partial charge in [0.25, 0.3) is 0 Å². The monoisotopic (exact) mass is 474 g/mol. The van der Waals surface area contributed by atoms with Gasteiger partial charge in [0.2, 0.25) is 11.8 Å². The van der Waals surface area contributed by atoms with Crippen LogP contribution in [-0.4, -0.2) is 26.9 Å². The number of aromatic nitrogens is 2. The number of esters is 1. The van der Waals surface area contributed by atoms with Crippen molar-refractivity contribution >= 4 is 5.97 Å². The van der Waals surface area contributed by atoms with Gasteiger partial charge in [0.15, 0.2) is 0 Å². The van der Waals surface area contributed by atoms with Crippen LogP contribution in [0.1, 0.15) is 68.5 Å². The first kappa shape index (κ1) is 24.4. The van der Waals surface area contributed by atoms with Crippen molar-refractivity contribution in [3.63, 3.8) is 0 Å². The van der Waals surface area contributed by atoms with Crippen molar-refractivity contribution in [1.29, 1.82) is 5.26 Å². The molecule has 2 aromatic rings. The maximum absolute atomic E-state index is 11.3. The topological polar surface area (TPSA) is 134 Å². The maximum atomic E-state index is 11.3. The predicted octanol–water partition coefficient (Wildman–Crippen LogP) is 3.32. The largest absolute Gasteiger partial charge is 0.459 e. The number of nitrogens with zero attached hydrogens (tertiary/aromatic N) is 2. The van der Waals surface area contributed by atoms with E-state index in [-0.39, 0.29) is 30.3 Å². The zero-order chi connectivity index (χ0) is 25.5. The third kappa shape index (κ3) is 4.05. The number of H-pyrrole nitrogens is 1. The predicted molar refractivity (Wildman–Crippen MR) is 129 cm³/mol. The third-order valence-electron chi connectivity index (χ3n) is 6.93. The van der Waals surface area contributed by atoms with E-state index in [0.29, 0.717) is 29.9 Å². The number of aliphatic hydroxyl groups is 1. The molecule has 0 bridgehead atoms. The molecule has 1 fully saturated rings. The Morgan fingerprint density at radius 1 is 1.40 bits per heavy atom. The van der Waals surface area contributed by atoms with E-state index in [2.05, 4.69) is 28.1 Å². The molecule has 8 nitrogen and oxygen atoms in total. The van der Waals surface area contributed by atoms with Gasteiger partial charge in [0.1, 0.15) is 17.2 Å². The van der Waals surface area contributed by atoms with Crippen molar-refractivity contribution in [2.75, 3.05) is 0 Å². The Kier molecular flexibility index (Phi) is 6.12. The summed E-state index contributed by atoms with van der Waals surface area (Å²) in [5, 5.41) is 27.4. The summed E-state index contributed by atoms with van der Waals surface area (Å²) >= 11 is 0. The fourth-order valence-corrected chi connectivity index (χ4v) is 5.55. The van der Waals surface area contributed by atoms with Crippen LogP contribution in [0.15, 0.2) is 29.7 Å². The smallest absolute Gasteiger partial charge is 0.303 e. The molecule has 2 heterocycles. The minimum Gasteiger partial charge on any atom is -0.459 e. The normalized spacial score (nSPS) is 25.0. The summed E-state index contributed by atoms with van der Waals surface area (Å²) in [5.74, 6) is 6.60. The second-order valence-corrected chi connectivity index (χ2v) is 9.94. The van der Waals surface area contributed by atoms with E-state index in [1.54, 1.807) is 0 Å². The Bertz CT molecular complexity index is 1310. The van der Waals surface area contributed by atoms with Crippen LogP contribution < -0.4 is 10.5 Å². The molecule has 1 aromatic heterocycles. The quantitative estimate of drug-likeness (QED) is 0.457. The molecule has 35 heavy (non-hydrogen) atoms. The molecular weight excluding hydrogens is 444 g/mol. The number of allylic oxidation sites excluding steroid dienone is 1. The molecule has 0 spiro atoms. The van der Waals surface area contributed by atoms with E-state index >= 15 is 0 Å². The Morgan fingerprint density at radius 2 is 2.11 bits per heavy atom. The molecule has 4 N–H and O–H groups in total. The summed E-state index contributed by atoms with van der Waals surface area (Å²) in [5.41, 5.74) is 8.83. The number of carbonyl (C=O) groups is 1. The molecule has 1 aliphatic heterocycles. The lowest BCUT2D eigenvalue weighted by molar-refractivity contribution is -0.166. The number of ether oxygens (including phenoxy) is 2. The van der Waals surface area contributed by atoms with E-state index in [1.807, 2.05) is 45.9 Å². The van der Waals surface area contributed by atoms with Gasteiger partial charge in [-0.25, -0.2) is 0 Å². The molecule has 0 radical (unpaired) electrons. The maximum Gasteiger partial charge on any atom is 0.303 e. The molecule has 182 valence electrons. The van der Waals surface area contributed by atoms with Crippen LogP contribution in [-0.2, 0) is 21.6 Å². The first-order valence-corrected chi connectivity index (χ1v) is 11.6. The van der Waals surface area contributed by atoms with Crippen LogP contribution in [0.4, 0.5) is 0 Å². The summed E-state index contributed by atoms with van der Waals surface area (Å²) in [6, 6.07) is 7.96. The van der Waals surface area contributed by atoms with Crippen LogP contribution in [0, 0.1) is 41.9 Å². The first-order valence-electron chi connectivity index (χ1n) is 11.6. The van der Waals surface area contributed by atoms with Crippen LogP contribution >= 0.6 is 0 Å². The van der Waals surface area contributed by atoms with Crippen molar-refractivity contribution < 1.29 is 19.4 Å². The molecule has 1 saturated carbocycles. The van der Waals surface area contributed by atoms with Crippen LogP contribution in [0.25, 0.3) is 0 Å². The number of fused-ring (bicyclic) bond motifs is 1.